The van der Waals surface area contributed by atoms with Gasteiger partial charge in [0.2, 0.25) is 0 Å². The number of para-hydroxylation sites is 1. The Bertz CT molecular complexity index is 917. The zero-order valence-electron chi connectivity index (χ0n) is 14.1. The second-order valence-electron chi connectivity index (χ2n) is 6.04. The van der Waals surface area contributed by atoms with Crippen LogP contribution in [0.5, 0.6) is 0 Å². The molecule has 4 rings (SSSR count). The number of nitrogens with one attached hydrogen (secondary N) is 1. The van der Waals surface area contributed by atoms with E-state index in [0.717, 1.165) is 30.6 Å². The van der Waals surface area contributed by atoms with E-state index in [2.05, 4.69) is 33.4 Å². The fraction of sp³-hybridized carbons (Fsp3) is 0.263. The van der Waals surface area contributed by atoms with Crippen molar-refractivity contribution in [2.75, 3.05) is 5.32 Å². The number of anilines is 2. The van der Waals surface area contributed by atoms with E-state index in [1.54, 1.807) is 23.1 Å². The van der Waals surface area contributed by atoms with Gasteiger partial charge in [0, 0.05) is 24.5 Å². The summed E-state index contributed by atoms with van der Waals surface area (Å²) in [5.41, 5.74) is 3.72. The second-order valence-corrected chi connectivity index (χ2v) is 6.04. The number of hydrogen-bond donors (Lipinski definition) is 1. The van der Waals surface area contributed by atoms with Crippen LogP contribution in [0.2, 0.25) is 0 Å². The molecule has 126 valence electrons. The number of rotatable bonds is 4. The predicted octanol–water partition coefficient (Wildman–Crippen LogP) is 3.49. The van der Waals surface area contributed by atoms with Gasteiger partial charge >= 0.3 is 0 Å². The van der Waals surface area contributed by atoms with Crippen molar-refractivity contribution in [1.29, 1.82) is 0 Å². The maximum atomic E-state index is 12.6. The Morgan fingerprint density at radius 2 is 1.92 bits per heavy atom. The molecule has 0 unspecified atom stereocenters. The maximum Gasteiger partial charge on any atom is 0.250 e. The van der Waals surface area contributed by atoms with Crippen molar-refractivity contribution < 1.29 is 4.79 Å². The minimum Gasteiger partial charge on any atom is -0.338 e. The van der Waals surface area contributed by atoms with Crippen molar-refractivity contribution in [3.05, 3.63) is 59.5 Å². The first kappa shape index (κ1) is 15.5. The summed E-state index contributed by atoms with van der Waals surface area (Å²) < 4.78 is 1.70. The number of benzene rings is 1. The number of aromatic nitrogens is 4. The Hall–Kier alpha value is -3.02. The molecule has 0 aliphatic heterocycles. The topological polar surface area (TPSA) is 72.7 Å². The highest BCUT2D eigenvalue weighted by molar-refractivity contribution is 6.03. The van der Waals surface area contributed by atoms with Crippen LogP contribution in [0.4, 0.5) is 11.5 Å². The molecule has 0 fully saturated rings. The Labute approximate surface area is 145 Å². The number of aryl methyl sites for hydroxylation is 1. The number of hydrogen-bond acceptors (Lipinski definition) is 5. The highest BCUT2D eigenvalue weighted by Gasteiger charge is 2.28. The van der Waals surface area contributed by atoms with Gasteiger partial charge in [-0.1, -0.05) is 25.1 Å². The largest absolute Gasteiger partial charge is 0.338 e. The molecule has 1 aliphatic carbocycles. The number of ketones is 1. The Balaban J connectivity index is 1.83. The Kier molecular flexibility index (Phi) is 4.01. The summed E-state index contributed by atoms with van der Waals surface area (Å²) in [6.07, 6.45) is 6.44. The molecular formula is C19H19N5O. The van der Waals surface area contributed by atoms with Gasteiger partial charge in [0.05, 0.1) is 11.3 Å². The molecule has 1 aromatic carbocycles. The minimum atomic E-state index is 0.125. The number of nitrogens with zero attached hydrogens (tertiary/aromatic N) is 4. The lowest BCUT2D eigenvalue weighted by Crippen LogP contribution is -2.14. The van der Waals surface area contributed by atoms with E-state index in [-0.39, 0.29) is 5.78 Å². The average molecular weight is 333 g/mol. The zero-order chi connectivity index (χ0) is 17.2. The average Bonchev–Trinajstić information content (AvgIpc) is 3.03. The molecule has 25 heavy (non-hydrogen) atoms. The van der Waals surface area contributed by atoms with Crippen LogP contribution < -0.4 is 5.32 Å². The van der Waals surface area contributed by atoms with Crippen LogP contribution in [0.3, 0.4) is 0 Å². The standard InChI is InChI=1S/C19H19N5O/c1-2-13-7-3-4-8-14(13)22-18-17-15(9-5-10-16(17)25)24(23-18)19-20-11-6-12-21-19/h3-4,6-8,11-12H,2,5,9-10H2,1H3,(H,22,23). The van der Waals surface area contributed by atoms with Gasteiger partial charge in [-0.25, -0.2) is 14.6 Å². The SMILES string of the molecule is CCc1ccccc1Nc1nn(-c2ncccn2)c2c1C(=O)CCC2. The van der Waals surface area contributed by atoms with Gasteiger partial charge in [-0.15, -0.1) is 5.10 Å². The molecule has 3 aromatic rings. The van der Waals surface area contributed by atoms with Gasteiger partial charge in [0.25, 0.3) is 5.95 Å². The highest BCUT2D eigenvalue weighted by Crippen LogP contribution is 2.31. The van der Waals surface area contributed by atoms with E-state index in [1.807, 2.05) is 18.2 Å². The zero-order valence-corrected chi connectivity index (χ0v) is 14.1. The molecule has 1 N–H and O–H groups in total. The molecule has 0 atom stereocenters. The highest BCUT2D eigenvalue weighted by atomic mass is 16.1. The van der Waals surface area contributed by atoms with Gasteiger partial charge < -0.3 is 5.32 Å². The fourth-order valence-corrected chi connectivity index (χ4v) is 3.25. The molecule has 2 heterocycles. The van der Waals surface area contributed by atoms with Crippen LogP contribution in [-0.4, -0.2) is 25.5 Å². The van der Waals surface area contributed by atoms with Crippen LogP contribution in [-0.2, 0) is 12.8 Å². The lowest BCUT2D eigenvalue weighted by molar-refractivity contribution is 0.0973. The molecule has 0 saturated heterocycles. The summed E-state index contributed by atoms with van der Waals surface area (Å²) in [5, 5.41) is 8.01. The van der Waals surface area contributed by atoms with Gasteiger partial charge in [-0.2, -0.15) is 0 Å². The molecule has 0 saturated carbocycles. The third-order valence-electron chi connectivity index (χ3n) is 4.47. The van der Waals surface area contributed by atoms with Crippen molar-refractivity contribution in [1.82, 2.24) is 19.7 Å². The van der Waals surface area contributed by atoms with Gasteiger partial charge in [0.1, 0.15) is 0 Å². The third-order valence-corrected chi connectivity index (χ3v) is 4.47. The van der Waals surface area contributed by atoms with Crippen LogP contribution in [0.1, 0.15) is 41.4 Å². The minimum absolute atomic E-state index is 0.125. The Morgan fingerprint density at radius 1 is 1.12 bits per heavy atom. The van der Waals surface area contributed by atoms with Crippen molar-refractivity contribution in [3.63, 3.8) is 0 Å². The van der Waals surface area contributed by atoms with E-state index in [4.69, 9.17) is 0 Å². The number of fused-ring (bicyclic) bond motifs is 1. The van der Waals surface area contributed by atoms with Gasteiger partial charge in [-0.3, -0.25) is 4.79 Å². The summed E-state index contributed by atoms with van der Waals surface area (Å²) in [7, 11) is 0. The first-order valence-electron chi connectivity index (χ1n) is 8.55. The van der Waals surface area contributed by atoms with E-state index < -0.39 is 0 Å². The van der Waals surface area contributed by atoms with Crippen molar-refractivity contribution in [2.24, 2.45) is 0 Å². The second kappa shape index (κ2) is 6.47. The summed E-state index contributed by atoms with van der Waals surface area (Å²) >= 11 is 0. The molecule has 0 amide bonds. The van der Waals surface area contributed by atoms with E-state index in [0.29, 0.717) is 23.8 Å². The molecule has 1 aliphatic rings. The van der Waals surface area contributed by atoms with Crippen LogP contribution >= 0.6 is 0 Å². The maximum absolute atomic E-state index is 12.6. The molecule has 0 spiro atoms. The summed E-state index contributed by atoms with van der Waals surface area (Å²) in [6.45, 7) is 2.11. The van der Waals surface area contributed by atoms with Crippen molar-refractivity contribution in [2.45, 2.75) is 32.6 Å². The van der Waals surface area contributed by atoms with E-state index in [9.17, 15) is 4.79 Å². The smallest absolute Gasteiger partial charge is 0.250 e. The van der Waals surface area contributed by atoms with Gasteiger partial charge in [-0.05, 0) is 37.0 Å². The first-order chi connectivity index (χ1) is 12.3. The number of carbonyl (C=O) groups is 1. The van der Waals surface area contributed by atoms with Crippen molar-refractivity contribution in [3.8, 4) is 5.95 Å². The molecule has 6 heteroatoms. The predicted molar refractivity (Wildman–Crippen MR) is 95.5 cm³/mol. The van der Waals surface area contributed by atoms with Gasteiger partial charge in [0.15, 0.2) is 11.6 Å². The quantitative estimate of drug-likeness (QED) is 0.791. The normalized spacial score (nSPS) is 13.6. The Morgan fingerprint density at radius 3 is 2.72 bits per heavy atom. The molecule has 6 nitrogen and oxygen atoms in total. The number of Topliss-reactive ketones (excluding diaryl/α,β-unsaturated/α-hetero) is 1. The molecule has 0 bridgehead atoms. The lowest BCUT2D eigenvalue weighted by Gasteiger charge is -2.13. The molecule has 0 radical (unpaired) electrons. The van der Waals surface area contributed by atoms with Crippen LogP contribution in [0.25, 0.3) is 5.95 Å². The van der Waals surface area contributed by atoms with Crippen LogP contribution in [0.15, 0.2) is 42.7 Å². The molecular weight excluding hydrogens is 314 g/mol. The monoisotopic (exact) mass is 333 g/mol. The summed E-state index contributed by atoms with van der Waals surface area (Å²) in [6, 6.07) is 9.85. The summed E-state index contributed by atoms with van der Waals surface area (Å²) in [4.78, 5) is 21.1. The van der Waals surface area contributed by atoms with E-state index in [1.165, 1.54) is 5.56 Å². The first-order valence-corrected chi connectivity index (χ1v) is 8.55. The number of carbonyl (C=O) groups excluding carboxylic acids is 1. The summed E-state index contributed by atoms with van der Waals surface area (Å²) in [5.74, 6) is 1.21. The van der Waals surface area contributed by atoms with E-state index >= 15 is 0 Å². The third kappa shape index (κ3) is 2.80. The van der Waals surface area contributed by atoms with Crippen molar-refractivity contribution >= 4 is 17.3 Å². The lowest BCUT2D eigenvalue weighted by atomic mass is 9.96. The fourth-order valence-electron chi connectivity index (χ4n) is 3.25. The molecule has 2 aromatic heterocycles. The van der Waals surface area contributed by atoms with Crippen LogP contribution in [0, 0.1) is 0 Å².